The second-order valence-corrected chi connectivity index (χ2v) is 6.50. The Balaban J connectivity index is 1.91. The molecule has 5 heteroatoms. The van der Waals surface area contributed by atoms with Crippen molar-refractivity contribution in [1.29, 1.82) is 0 Å². The van der Waals surface area contributed by atoms with Crippen LogP contribution in [0.15, 0.2) is 29.2 Å². The van der Waals surface area contributed by atoms with Gasteiger partial charge in [-0.1, -0.05) is 36.5 Å². The lowest BCUT2D eigenvalue weighted by molar-refractivity contribution is 0.681. The Kier molecular flexibility index (Phi) is 3.37. The molecule has 0 fully saturated rings. The van der Waals surface area contributed by atoms with Crippen molar-refractivity contribution in [2.45, 2.75) is 30.2 Å². The van der Waals surface area contributed by atoms with Crippen molar-refractivity contribution >= 4 is 23.1 Å². The van der Waals surface area contributed by atoms with E-state index < -0.39 is 0 Å². The number of benzene rings is 1. The van der Waals surface area contributed by atoms with E-state index in [1.165, 1.54) is 10.5 Å². The molecule has 1 aromatic heterocycles. The lowest BCUT2D eigenvalue weighted by Crippen LogP contribution is -2.07. The third kappa shape index (κ3) is 2.06. The Morgan fingerprint density at radius 2 is 2.22 bits per heavy atom. The normalized spacial score (nSPS) is 19.8. The van der Waals surface area contributed by atoms with E-state index in [1.807, 2.05) is 11.8 Å². The molecule has 94 valence electrons. The second-order valence-electron chi connectivity index (χ2n) is 4.39. The maximum absolute atomic E-state index is 6.00. The third-order valence-electron chi connectivity index (χ3n) is 3.21. The molecule has 3 rings (SSSR count). The predicted octanol–water partition coefficient (Wildman–Crippen LogP) is 3.19. The van der Waals surface area contributed by atoms with Gasteiger partial charge in [0.25, 0.3) is 0 Å². The van der Waals surface area contributed by atoms with Gasteiger partial charge in [-0.3, -0.25) is 0 Å². The highest BCUT2D eigenvalue weighted by atomic mass is 32.2. The molecule has 1 aromatic carbocycles. The zero-order chi connectivity index (χ0) is 12.5. The summed E-state index contributed by atoms with van der Waals surface area (Å²) >= 11 is 3.57. The van der Waals surface area contributed by atoms with Gasteiger partial charge in [-0.15, -0.1) is 22.0 Å². The largest absolute Gasteiger partial charge is 0.322 e. The van der Waals surface area contributed by atoms with Gasteiger partial charge in [0.2, 0.25) is 0 Å². The van der Waals surface area contributed by atoms with Crippen molar-refractivity contribution in [3.63, 3.8) is 0 Å². The van der Waals surface area contributed by atoms with E-state index in [9.17, 15) is 0 Å². The average molecular weight is 277 g/mol. The molecule has 2 atom stereocenters. The van der Waals surface area contributed by atoms with Crippen LogP contribution in [-0.2, 0) is 0 Å². The Hall–Kier alpha value is -0.910. The quantitative estimate of drug-likeness (QED) is 0.936. The van der Waals surface area contributed by atoms with Gasteiger partial charge in [0.1, 0.15) is 10.0 Å². The highest BCUT2D eigenvalue weighted by Gasteiger charge is 2.27. The molecule has 2 unspecified atom stereocenters. The smallest absolute Gasteiger partial charge is 0.134 e. The fourth-order valence-corrected chi connectivity index (χ4v) is 4.47. The van der Waals surface area contributed by atoms with Crippen LogP contribution in [-0.4, -0.2) is 16.0 Å². The van der Waals surface area contributed by atoms with Gasteiger partial charge in [-0.25, -0.2) is 0 Å². The van der Waals surface area contributed by atoms with Crippen LogP contribution in [0.2, 0.25) is 0 Å². The molecule has 0 saturated carbocycles. The van der Waals surface area contributed by atoms with Crippen molar-refractivity contribution in [3.05, 3.63) is 39.8 Å². The summed E-state index contributed by atoms with van der Waals surface area (Å²) in [7, 11) is 0. The SMILES string of the molecule is CCC(N)c1nnc(C2CSc3ccccc32)s1. The molecular formula is C13H15N3S2. The summed E-state index contributed by atoms with van der Waals surface area (Å²) in [5.74, 6) is 1.46. The molecule has 1 aliphatic rings. The molecule has 1 aliphatic heterocycles. The van der Waals surface area contributed by atoms with Crippen molar-refractivity contribution in [3.8, 4) is 0 Å². The molecule has 0 spiro atoms. The van der Waals surface area contributed by atoms with Crippen molar-refractivity contribution in [1.82, 2.24) is 10.2 Å². The lowest BCUT2D eigenvalue weighted by atomic mass is 10.0. The fraction of sp³-hybridized carbons (Fsp3) is 0.385. The topological polar surface area (TPSA) is 51.8 Å². The maximum atomic E-state index is 6.00. The maximum Gasteiger partial charge on any atom is 0.134 e. The number of rotatable bonds is 3. The number of hydrogen-bond acceptors (Lipinski definition) is 5. The van der Waals surface area contributed by atoms with E-state index in [0.717, 1.165) is 22.2 Å². The van der Waals surface area contributed by atoms with Crippen LogP contribution in [0.4, 0.5) is 0 Å². The van der Waals surface area contributed by atoms with Crippen molar-refractivity contribution in [2.75, 3.05) is 5.75 Å². The average Bonchev–Trinajstić information content (AvgIpc) is 3.03. The molecule has 0 radical (unpaired) electrons. The zero-order valence-electron chi connectivity index (χ0n) is 10.2. The third-order valence-corrected chi connectivity index (χ3v) is 5.56. The summed E-state index contributed by atoms with van der Waals surface area (Å²) in [5.41, 5.74) is 7.39. The van der Waals surface area contributed by atoms with E-state index >= 15 is 0 Å². The van der Waals surface area contributed by atoms with E-state index in [2.05, 4.69) is 41.4 Å². The van der Waals surface area contributed by atoms with Crippen LogP contribution < -0.4 is 5.73 Å². The number of nitrogens with two attached hydrogens (primary N) is 1. The first-order chi connectivity index (χ1) is 8.79. The first-order valence-electron chi connectivity index (χ1n) is 6.10. The first kappa shape index (κ1) is 12.1. The molecule has 2 N–H and O–H groups in total. The van der Waals surface area contributed by atoms with Gasteiger partial charge in [-0.05, 0) is 18.1 Å². The number of thioether (sulfide) groups is 1. The van der Waals surface area contributed by atoms with Gasteiger partial charge in [0.05, 0.1) is 6.04 Å². The van der Waals surface area contributed by atoms with Gasteiger partial charge in [-0.2, -0.15) is 0 Å². The first-order valence-corrected chi connectivity index (χ1v) is 7.90. The van der Waals surface area contributed by atoms with Crippen LogP contribution in [0.5, 0.6) is 0 Å². The van der Waals surface area contributed by atoms with E-state index in [-0.39, 0.29) is 6.04 Å². The second kappa shape index (κ2) is 4.99. The van der Waals surface area contributed by atoms with Gasteiger partial charge in [0.15, 0.2) is 0 Å². The van der Waals surface area contributed by atoms with Crippen LogP contribution >= 0.6 is 23.1 Å². The van der Waals surface area contributed by atoms with Crippen LogP contribution in [0.25, 0.3) is 0 Å². The molecule has 0 saturated heterocycles. The minimum Gasteiger partial charge on any atom is -0.322 e. The Bertz CT molecular complexity index is 553. The summed E-state index contributed by atoms with van der Waals surface area (Å²) in [6.45, 7) is 2.08. The van der Waals surface area contributed by atoms with E-state index in [0.29, 0.717) is 5.92 Å². The molecule has 0 amide bonds. The standard InChI is InChI=1S/C13H15N3S2/c1-2-10(14)13-16-15-12(18-13)9-7-17-11-6-4-3-5-8(9)11/h3-6,9-10H,2,7,14H2,1H3. The van der Waals surface area contributed by atoms with Crippen LogP contribution in [0.1, 0.15) is 40.9 Å². The molecule has 2 aromatic rings. The molecule has 0 bridgehead atoms. The Morgan fingerprint density at radius 3 is 3.06 bits per heavy atom. The zero-order valence-corrected chi connectivity index (χ0v) is 11.8. The van der Waals surface area contributed by atoms with Crippen molar-refractivity contribution < 1.29 is 0 Å². The number of fused-ring (bicyclic) bond motifs is 1. The molecule has 0 aliphatic carbocycles. The summed E-state index contributed by atoms with van der Waals surface area (Å²) in [6.07, 6.45) is 0.907. The molecular weight excluding hydrogens is 262 g/mol. The highest BCUT2D eigenvalue weighted by Crippen LogP contribution is 2.43. The van der Waals surface area contributed by atoms with Gasteiger partial charge < -0.3 is 5.73 Å². The summed E-state index contributed by atoms with van der Waals surface area (Å²) in [6, 6.07) is 8.59. The molecule has 2 heterocycles. The van der Waals surface area contributed by atoms with Gasteiger partial charge >= 0.3 is 0 Å². The summed E-state index contributed by atoms with van der Waals surface area (Å²) in [4.78, 5) is 1.37. The number of hydrogen-bond donors (Lipinski definition) is 1. The number of nitrogens with zero attached hydrogens (tertiary/aromatic N) is 2. The van der Waals surface area contributed by atoms with Crippen molar-refractivity contribution in [2.24, 2.45) is 5.73 Å². The van der Waals surface area contributed by atoms with Gasteiger partial charge in [0, 0.05) is 16.6 Å². The Morgan fingerprint density at radius 1 is 1.39 bits per heavy atom. The predicted molar refractivity (Wildman–Crippen MR) is 76.1 cm³/mol. The van der Waals surface area contributed by atoms with E-state index in [4.69, 9.17) is 5.73 Å². The lowest BCUT2D eigenvalue weighted by Gasteiger charge is -2.05. The minimum atomic E-state index is 0.0283. The minimum absolute atomic E-state index is 0.0283. The summed E-state index contributed by atoms with van der Waals surface area (Å²) in [5, 5.41) is 10.6. The molecule has 18 heavy (non-hydrogen) atoms. The Labute approximate surface area is 115 Å². The fourth-order valence-electron chi connectivity index (χ4n) is 2.08. The van der Waals surface area contributed by atoms with Crippen LogP contribution in [0, 0.1) is 0 Å². The van der Waals surface area contributed by atoms with Crippen LogP contribution in [0.3, 0.4) is 0 Å². The highest BCUT2D eigenvalue weighted by molar-refractivity contribution is 7.99. The summed E-state index contributed by atoms with van der Waals surface area (Å²) < 4.78 is 0. The molecule has 3 nitrogen and oxygen atoms in total. The van der Waals surface area contributed by atoms with E-state index in [1.54, 1.807) is 11.3 Å². The number of aromatic nitrogens is 2. The monoisotopic (exact) mass is 277 g/mol.